The molecule has 1 aromatic heterocycles. The lowest BCUT2D eigenvalue weighted by Crippen LogP contribution is -2.18. The predicted octanol–water partition coefficient (Wildman–Crippen LogP) is 0.481. The molecule has 0 spiro atoms. The normalized spacial score (nSPS) is 12.5. The SMILES string of the molecule is CC(C)n1nnc(C(C)(C)O)n1. The summed E-state index contributed by atoms with van der Waals surface area (Å²) in [6.45, 7) is 7.18. The van der Waals surface area contributed by atoms with E-state index in [1.54, 1.807) is 13.8 Å². The lowest BCUT2D eigenvalue weighted by Gasteiger charge is -2.10. The molecule has 0 unspecified atom stereocenters. The number of aromatic nitrogens is 4. The summed E-state index contributed by atoms with van der Waals surface area (Å²) in [5.74, 6) is 0.358. The van der Waals surface area contributed by atoms with Gasteiger partial charge in [-0.25, -0.2) is 0 Å². The van der Waals surface area contributed by atoms with E-state index in [0.717, 1.165) is 0 Å². The van der Waals surface area contributed by atoms with Crippen LogP contribution in [0, 0.1) is 0 Å². The second-order valence-corrected chi connectivity index (χ2v) is 3.59. The summed E-state index contributed by atoms with van der Waals surface area (Å²) in [5.41, 5.74) is -1.01. The fraction of sp³-hybridized carbons (Fsp3) is 0.857. The van der Waals surface area contributed by atoms with Crippen molar-refractivity contribution in [3.63, 3.8) is 0 Å². The lowest BCUT2D eigenvalue weighted by atomic mass is 10.1. The van der Waals surface area contributed by atoms with Gasteiger partial charge in [0.05, 0.1) is 6.04 Å². The van der Waals surface area contributed by atoms with Gasteiger partial charge in [0.25, 0.3) is 0 Å². The summed E-state index contributed by atoms with van der Waals surface area (Å²) in [7, 11) is 0. The molecule has 0 radical (unpaired) electrons. The van der Waals surface area contributed by atoms with Gasteiger partial charge < -0.3 is 5.11 Å². The quantitative estimate of drug-likeness (QED) is 0.701. The second kappa shape index (κ2) is 2.82. The summed E-state index contributed by atoms with van der Waals surface area (Å²) in [6, 6.07) is 0.175. The van der Waals surface area contributed by atoms with Crippen molar-refractivity contribution in [3.05, 3.63) is 5.82 Å². The largest absolute Gasteiger partial charge is 0.382 e. The summed E-state index contributed by atoms with van der Waals surface area (Å²) in [4.78, 5) is 1.48. The van der Waals surface area contributed by atoms with Gasteiger partial charge in [-0.3, -0.25) is 0 Å². The van der Waals surface area contributed by atoms with Crippen LogP contribution in [0.4, 0.5) is 0 Å². The third-order valence-electron chi connectivity index (χ3n) is 1.44. The average Bonchev–Trinajstić information content (AvgIpc) is 2.30. The van der Waals surface area contributed by atoms with Gasteiger partial charge in [0.15, 0.2) is 0 Å². The van der Waals surface area contributed by atoms with E-state index in [1.807, 2.05) is 13.8 Å². The maximum atomic E-state index is 9.51. The summed E-state index contributed by atoms with van der Waals surface area (Å²) < 4.78 is 0. The molecule has 1 N–H and O–H groups in total. The van der Waals surface area contributed by atoms with Crippen LogP contribution in [-0.4, -0.2) is 25.3 Å². The van der Waals surface area contributed by atoms with Crippen LogP contribution in [0.3, 0.4) is 0 Å². The van der Waals surface area contributed by atoms with E-state index in [2.05, 4.69) is 15.4 Å². The molecule has 0 bridgehead atoms. The van der Waals surface area contributed by atoms with E-state index in [-0.39, 0.29) is 6.04 Å². The fourth-order valence-corrected chi connectivity index (χ4v) is 0.689. The molecule has 0 aliphatic carbocycles. The minimum atomic E-state index is -1.01. The Balaban J connectivity index is 2.92. The molecule has 0 amide bonds. The van der Waals surface area contributed by atoms with Crippen LogP contribution in [0.15, 0.2) is 0 Å². The Bertz CT molecular complexity index is 261. The van der Waals surface area contributed by atoms with Crippen molar-refractivity contribution < 1.29 is 5.11 Å². The maximum Gasteiger partial charge on any atom is 0.205 e. The van der Waals surface area contributed by atoms with Crippen LogP contribution < -0.4 is 0 Å². The van der Waals surface area contributed by atoms with Gasteiger partial charge >= 0.3 is 0 Å². The van der Waals surface area contributed by atoms with Crippen LogP contribution in [0.25, 0.3) is 0 Å². The van der Waals surface area contributed by atoms with Gasteiger partial charge in [-0.1, -0.05) is 0 Å². The standard InChI is InChI=1S/C7H14N4O/c1-5(2)11-9-6(8-10-11)7(3,4)12/h5,12H,1-4H3. The monoisotopic (exact) mass is 170 g/mol. The van der Waals surface area contributed by atoms with Gasteiger partial charge in [-0.15, -0.1) is 10.2 Å². The molecule has 0 aliphatic heterocycles. The first-order chi connectivity index (χ1) is 5.41. The van der Waals surface area contributed by atoms with Crippen molar-refractivity contribution in [1.82, 2.24) is 20.2 Å². The number of hydrogen-bond acceptors (Lipinski definition) is 4. The molecule has 5 nitrogen and oxygen atoms in total. The first kappa shape index (κ1) is 9.12. The topological polar surface area (TPSA) is 63.8 Å². The first-order valence-corrected chi connectivity index (χ1v) is 3.93. The fourth-order valence-electron chi connectivity index (χ4n) is 0.689. The Hall–Kier alpha value is -0.970. The molecule has 68 valence electrons. The number of aliphatic hydroxyl groups is 1. The molecule has 1 heterocycles. The van der Waals surface area contributed by atoms with E-state index >= 15 is 0 Å². The van der Waals surface area contributed by atoms with Gasteiger partial charge in [0, 0.05) is 0 Å². The first-order valence-electron chi connectivity index (χ1n) is 3.93. The highest BCUT2D eigenvalue weighted by atomic mass is 16.3. The molecule has 0 saturated heterocycles. The predicted molar refractivity (Wildman–Crippen MR) is 43.4 cm³/mol. The molecule has 0 fully saturated rings. The van der Waals surface area contributed by atoms with Crippen LogP contribution in [-0.2, 0) is 5.60 Å². The Kier molecular flexibility index (Phi) is 2.14. The molecule has 0 aliphatic rings. The smallest absolute Gasteiger partial charge is 0.205 e. The molecule has 0 aromatic carbocycles. The van der Waals surface area contributed by atoms with E-state index < -0.39 is 5.60 Å². The van der Waals surface area contributed by atoms with E-state index in [9.17, 15) is 5.11 Å². The molecule has 1 aromatic rings. The highest BCUT2D eigenvalue weighted by Crippen LogP contribution is 2.13. The molecule has 5 heteroatoms. The minimum absolute atomic E-state index is 0.175. The molecular weight excluding hydrogens is 156 g/mol. The van der Waals surface area contributed by atoms with Crippen molar-refractivity contribution >= 4 is 0 Å². The van der Waals surface area contributed by atoms with Crippen molar-refractivity contribution in [1.29, 1.82) is 0 Å². The molecular formula is C7H14N4O. The minimum Gasteiger partial charge on any atom is -0.382 e. The average molecular weight is 170 g/mol. The van der Waals surface area contributed by atoms with Crippen molar-refractivity contribution in [2.24, 2.45) is 0 Å². The Labute approximate surface area is 71.4 Å². The molecule has 0 saturated carbocycles. The van der Waals surface area contributed by atoms with E-state index in [1.165, 1.54) is 4.80 Å². The Morgan fingerprint density at radius 1 is 1.42 bits per heavy atom. The molecule has 1 rings (SSSR count). The van der Waals surface area contributed by atoms with Gasteiger partial charge in [0.1, 0.15) is 5.60 Å². The highest BCUT2D eigenvalue weighted by Gasteiger charge is 2.22. The number of rotatable bonds is 2. The van der Waals surface area contributed by atoms with Crippen LogP contribution in [0.2, 0.25) is 0 Å². The van der Waals surface area contributed by atoms with Gasteiger partial charge in [-0.2, -0.15) is 4.80 Å². The number of tetrazole rings is 1. The zero-order valence-corrected chi connectivity index (χ0v) is 7.81. The van der Waals surface area contributed by atoms with Crippen LogP contribution in [0.1, 0.15) is 39.6 Å². The summed E-state index contributed by atoms with van der Waals surface area (Å²) in [5, 5.41) is 21.1. The third-order valence-corrected chi connectivity index (χ3v) is 1.44. The third kappa shape index (κ3) is 1.79. The van der Waals surface area contributed by atoms with Gasteiger partial charge in [0.2, 0.25) is 5.82 Å². The van der Waals surface area contributed by atoms with Crippen molar-refractivity contribution in [2.45, 2.75) is 39.3 Å². The van der Waals surface area contributed by atoms with Crippen molar-refractivity contribution in [3.8, 4) is 0 Å². The number of hydrogen-bond donors (Lipinski definition) is 1. The van der Waals surface area contributed by atoms with E-state index in [4.69, 9.17) is 0 Å². The zero-order chi connectivity index (χ0) is 9.35. The molecule has 12 heavy (non-hydrogen) atoms. The van der Waals surface area contributed by atoms with Crippen LogP contribution >= 0.6 is 0 Å². The van der Waals surface area contributed by atoms with Crippen LogP contribution in [0.5, 0.6) is 0 Å². The Morgan fingerprint density at radius 2 is 2.00 bits per heavy atom. The van der Waals surface area contributed by atoms with E-state index in [0.29, 0.717) is 5.82 Å². The maximum absolute atomic E-state index is 9.51. The zero-order valence-electron chi connectivity index (χ0n) is 7.81. The Morgan fingerprint density at radius 3 is 2.25 bits per heavy atom. The second-order valence-electron chi connectivity index (χ2n) is 3.59. The summed E-state index contributed by atoms with van der Waals surface area (Å²) >= 11 is 0. The number of nitrogens with zero attached hydrogens (tertiary/aromatic N) is 4. The molecule has 0 atom stereocenters. The summed E-state index contributed by atoms with van der Waals surface area (Å²) in [6.07, 6.45) is 0. The van der Waals surface area contributed by atoms with Crippen molar-refractivity contribution in [2.75, 3.05) is 0 Å². The lowest BCUT2D eigenvalue weighted by molar-refractivity contribution is 0.0682. The van der Waals surface area contributed by atoms with Gasteiger partial charge in [-0.05, 0) is 32.9 Å². The highest BCUT2D eigenvalue weighted by molar-refractivity contribution is 4.91.